The minimum atomic E-state index is 0.622. The molecule has 1 saturated heterocycles. The molecule has 0 aliphatic carbocycles. The summed E-state index contributed by atoms with van der Waals surface area (Å²) >= 11 is 6.31. The second kappa shape index (κ2) is 6.08. The van der Waals surface area contributed by atoms with Gasteiger partial charge in [-0.05, 0) is 60.4 Å². The largest absolute Gasteiger partial charge is 0.316 e. The lowest BCUT2D eigenvalue weighted by Crippen LogP contribution is -2.10. The van der Waals surface area contributed by atoms with E-state index < -0.39 is 0 Å². The van der Waals surface area contributed by atoms with Crippen molar-refractivity contribution in [3.05, 3.63) is 34.3 Å². The van der Waals surface area contributed by atoms with E-state index in [-0.39, 0.29) is 0 Å². The van der Waals surface area contributed by atoms with Crippen LogP contribution < -0.4 is 5.32 Å². The van der Waals surface area contributed by atoms with E-state index in [9.17, 15) is 0 Å². The van der Waals surface area contributed by atoms with Gasteiger partial charge in [-0.1, -0.05) is 38.4 Å². The minimum Gasteiger partial charge on any atom is -0.316 e. The highest BCUT2D eigenvalue weighted by Crippen LogP contribution is 2.33. The quantitative estimate of drug-likeness (QED) is 0.841. The summed E-state index contributed by atoms with van der Waals surface area (Å²) < 4.78 is 0. The first-order valence-electron chi connectivity index (χ1n) is 7.13. The van der Waals surface area contributed by atoms with Crippen molar-refractivity contribution in [2.45, 2.75) is 45.4 Å². The van der Waals surface area contributed by atoms with Crippen LogP contribution in [0.3, 0.4) is 0 Å². The number of benzene rings is 1. The molecule has 0 radical (unpaired) electrons. The van der Waals surface area contributed by atoms with Gasteiger partial charge in [-0.15, -0.1) is 0 Å². The average Bonchev–Trinajstić information content (AvgIpc) is 2.82. The molecule has 1 aliphatic heterocycles. The Balaban J connectivity index is 2.30. The van der Waals surface area contributed by atoms with Gasteiger partial charge < -0.3 is 5.32 Å². The maximum absolute atomic E-state index is 6.31. The summed E-state index contributed by atoms with van der Waals surface area (Å²) in [4.78, 5) is 0. The van der Waals surface area contributed by atoms with Crippen LogP contribution in [0.15, 0.2) is 18.2 Å². The van der Waals surface area contributed by atoms with E-state index in [0.29, 0.717) is 17.8 Å². The van der Waals surface area contributed by atoms with Crippen LogP contribution in [0.1, 0.15) is 56.6 Å². The van der Waals surface area contributed by atoms with E-state index in [2.05, 4.69) is 44.3 Å². The van der Waals surface area contributed by atoms with Crippen molar-refractivity contribution in [2.75, 3.05) is 13.1 Å². The van der Waals surface area contributed by atoms with Crippen LogP contribution >= 0.6 is 11.6 Å². The Hall–Kier alpha value is -0.530. The maximum Gasteiger partial charge on any atom is 0.0411 e. The van der Waals surface area contributed by atoms with E-state index in [4.69, 9.17) is 11.6 Å². The SMILES string of the molecule is CCC(c1cc(Cl)cc(C2CCNC2)c1)C(C)C. The van der Waals surface area contributed by atoms with Gasteiger partial charge in [0.2, 0.25) is 0 Å². The predicted octanol–water partition coefficient (Wildman–Crippen LogP) is 4.57. The summed E-state index contributed by atoms with van der Waals surface area (Å²) in [6, 6.07) is 6.69. The lowest BCUT2D eigenvalue weighted by Gasteiger charge is -2.21. The molecular weight excluding hydrogens is 242 g/mol. The molecule has 18 heavy (non-hydrogen) atoms. The average molecular weight is 266 g/mol. The molecule has 2 heteroatoms. The smallest absolute Gasteiger partial charge is 0.0411 e. The number of halogens is 1. The molecule has 1 N–H and O–H groups in total. The fraction of sp³-hybridized carbons (Fsp3) is 0.625. The molecule has 2 rings (SSSR count). The number of hydrogen-bond donors (Lipinski definition) is 1. The lowest BCUT2D eigenvalue weighted by molar-refractivity contribution is 0.484. The summed E-state index contributed by atoms with van der Waals surface area (Å²) in [6.07, 6.45) is 2.42. The van der Waals surface area contributed by atoms with Gasteiger partial charge in [-0.2, -0.15) is 0 Å². The lowest BCUT2D eigenvalue weighted by atomic mass is 9.84. The maximum atomic E-state index is 6.31. The van der Waals surface area contributed by atoms with Gasteiger partial charge in [-0.3, -0.25) is 0 Å². The molecule has 2 atom stereocenters. The van der Waals surface area contributed by atoms with Crippen LogP contribution in [0.5, 0.6) is 0 Å². The number of hydrogen-bond acceptors (Lipinski definition) is 1. The summed E-state index contributed by atoms with van der Waals surface area (Å²) in [5.41, 5.74) is 2.84. The Labute approximate surface area is 116 Å². The zero-order valence-corrected chi connectivity index (χ0v) is 12.4. The van der Waals surface area contributed by atoms with Crippen LogP contribution in [-0.4, -0.2) is 13.1 Å². The van der Waals surface area contributed by atoms with Gasteiger partial charge in [0.05, 0.1) is 0 Å². The first kappa shape index (κ1) is 13.9. The molecule has 2 unspecified atom stereocenters. The minimum absolute atomic E-state index is 0.622. The van der Waals surface area contributed by atoms with Crippen LogP contribution in [0.4, 0.5) is 0 Å². The van der Waals surface area contributed by atoms with Crippen molar-refractivity contribution in [3.63, 3.8) is 0 Å². The van der Waals surface area contributed by atoms with Crippen molar-refractivity contribution in [3.8, 4) is 0 Å². The Kier molecular flexibility index (Phi) is 4.69. The molecule has 100 valence electrons. The van der Waals surface area contributed by atoms with Crippen LogP contribution in [0, 0.1) is 5.92 Å². The van der Waals surface area contributed by atoms with Crippen molar-refractivity contribution < 1.29 is 0 Å². The second-order valence-electron chi connectivity index (χ2n) is 5.77. The highest BCUT2D eigenvalue weighted by Gasteiger charge is 2.20. The van der Waals surface area contributed by atoms with Gasteiger partial charge in [-0.25, -0.2) is 0 Å². The molecule has 1 heterocycles. The first-order valence-corrected chi connectivity index (χ1v) is 7.50. The molecule has 1 aromatic carbocycles. The predicted molar refractivity (Wildman–Crippen MR) is 79.5 cm³/mol. The van der Waals surface area contributed by atoms with Crippen LogP contribution in [0.25, 0.3) is 0 Å². The van der Waals surface area contributed by atoms with E-state index >= 15 is 0 Å². The molecule has 1 fully saturated rings. The van der Waals surface area contributed by atoms with Gasteiger partial charge in [0.25, 0.3) is 0 Å². The molecule has 0 spiro atoms. The Bertz CT molecular complexity index is 394. The highest BCUT2D eigenvalue weighted by atomic mass is 35.5. The fourth-order valence-electron chi connectivity index (χ4n) is 3.12. The summed E-state index contributed by atoms with van der Waals surface area (Å²) in [5.74, 6) is 1.94. The Morgan fingerprint density at radius 3 is 2.67 bits per heavy atom. The van der Waals surface area contributed by atoms with Gasteiger partial charge in [0.15, 0.2) is 0 Å². The standard InChI is InChI=1S/C16H24ClN/c1-4-16(11(2)3)14-7-13(8-15(17)9-14)12-5-6-18-10-12/h7-9,11-12,16,18H,4-6,10H2,1-3H3. The number of rotatable bonds is 4. The van der Waals surface area contributed by atoms with Gasteiger partial charge in [0, 0.05) is 11.6 Å². The normalized spacial score (nSPS) is 21.5. The molecule has 0 bridgehead atoms. The molecular formula is C16H24ClN. The second-order valence-corrected chi connectivity index (χ2v) is 6.20. The molecule has 1 nitrogen and oxygen atoms in total. The van der Waals surface area contributed by atoms with E-state index in [1.807, 2.05) is 0 Å². The molecule has 0 amide bonds. The first-order chi connectivity index (χ1) is 8.61. The van der Waals surface area contributed by atoms with E-state index in [1.54, 1.807) is 0 Å². The topological polar surface area (TPSA) is 12.0 Å². The summed E-state index contributed by atoms with van der Waals surface area (Å²) in [5, 5.41) is 4.33. The zero-order valence-electron chi connectivity index (χ0n) is 11.7. The third kappa shape index (κ3) is 3.07. The van der Waals surface area contributed by atoms with Gasteiger partial charge >= 0.3 is 0 Å². The van der Waals surface area contributed by atoms with Gasteiger partial charge in [0.1, 0.15) is 0 Å². The van der Waals surface area contributed by atoms with E-state index in [1.165, 1.54) is 24.0 Å². The molecule has 0 saturated carbocycles. The zero-order chi connectivity index (χ0) is 13.1. The third-order valence-electron chi connectivity index (χ3n) is 4.15. The van der Waals surface area contributed by atoms with Crippen molar-refractivity contribution in [1.82, 2.24) is 5.32 Å². The Morgan fingerprint density at radius 1 is 1.33 bits per heavy atom. The Morgan fingerprint density at radius 2 is 2.11 bits per heavy atom. The van der Waals surface area contributed by atoms with Crippen molar-refractivity contribution in [1.29, 1.82) is 0 Å². The van der Waals surface area contributed by atoms with Crippen molar-refractivity contribution >= 4 is 11.6 Å². The van der Waals surface area contributed by atoms with Crippen LogP contribution in [0.2, 0.25) is 5.02 Å². The highest BCUT2D eigenvalue weighted by molar-refractivity contribution is 6.30. The third-order valence-corrected chi connectivity index (χ3v) is 4.37. The van der Waals surface area contributed by atoms with E-state index in [0.717, 1.165) is 18.1 Å². The summed E-state index contributed by atoms with van der Waals surface area (Å²) in [6.45, 7) is 9.09. The number of nitrogens with one attached hydrogen (secondary N) is 1. The molecule has 0 aromatic heterocycles. The van der Waals surface area contributed by atoms with Crippen LogP contribution in [-0.2, 0) is 0 Å². The molecule has 1 aliphatic rings. The summed E-state index contributed by atoms with van der Waals surface area (Å²) in [7, 11) is 0. The fourth-order valence-corrected chi connectivity index (χ4v) is 3.37. The molecule has 1 aromatic rings. The van der Waals surface area contributed by atoms with Crippen molar-refractivity contribution in [2.24, 2.45) is 5.92 Å². The monoisotopic (exact) mass is 265 g/mol.